The van der Waals surface area contributed by atoms with Gasteiger partial charge in [0.1, 0.15) is 0 Å². The summed E-state index contributed by atoms with van der Waals surface area (Å²) in [5.74, 6) is 0.375. The Morgan fingerprint density at radius 2 is 1.71 bits per heavy atom. The summed E-state index contributed by atoms with van der Waals surface area (Å²) in [6.45, 7) is 6.10. The second kappa shape index (κ2) is 12.0. The molecular formula is C31H38N2O. The van der Waals surface area contributed by atoms with Crippen molar-refractivity contribution in [3.63, 3.8) is 0 Å². The Kier molecular flexibility index (Phi) is 8.54. The Hall–Kier alpha value is -2.91. The SMILES string of the molecule is Cc1ccc(C)c(C(CCCCc2ccccc2)C(=O)NC2CCNCC2c2ccccc2)c1. The standard InChI is InChI=1S/C31H38N2O/c1-23-17-18-24(2)28(21-23)27(16-10-9-13-25-11-5-3-6-12-25)31(34)33-30-19-20-32-22-29(30)26-14-7-4-8-15-26/h3-8,11-12,14-15,17-18,21,27,29-30,32H,9-10,13,16,19-20,22H2,1-2H3,(H,33,34). The number of carbonyl (C=O) groups excluding carboxylic acids is 1. The van der Waals surface area contributed by atoms with Crippen LogP contribution in [0.1, 0.15) is 65.3 Å². The van der Waals surface area contributed by atoms with E-state index in [9.17, 15) is 4.79 Å². The predicted molar refractivity (Wildman–Crippen MR) is 141 cm³/mol. The van der Waals surface area contributed by atoms with Crippen molar-refractivity contribution < 1.29 is 4.79 Å². The number of amides is 1. The minimum atomic E-state index is -0.109. The van der Waals surface area contributed by atoms with Gasteiger partial charge in [0.15, 0.2) is 0 Å². The van der Waals surface area contributed by atoms with Crippen LogP contribution in [0.4, 0.5) is 0 Å². The molecule has 3 aromatic carbocycles. The van der Waals surface area contributed by atoms with E-state index >= 15 is 0 Å². The Balaban J connectivity index is 1.48. The lowest BCUT2D eigenvalue weighted by Gasteiger charge is -2.34. The van der Waals surface area contributed by atoms with Gasteiger partial charge in [-0.2, -0.15) is 0 Å². The molecule has 3 unspecified atom stereocenters. The molecule has 1 saturated heterocycles. The largest absolute Gasteiger partial charge is 0.352 e. The highest BCUT2D eigenvalue weighted by atomic mass is 16.1. The van der Waals surface area contributed by atoms with E-state index in [0.29, 0.717) is 5.92 Å². The molecule has 0 saturated carbocycles. The van der Waals surface area contributed by atoms with Crippen molar-refractivity contribution in [1.29, 1.82) is 0 Å². The predicted octanol–water partition coefficient (Wildman–Crippen LogP) is 6.06. The first-order chi connectivity index (χ1) is 16.6. The first-order valence-electron chi connectivity index (χ1n) is 12.8. The van der Waals surface area contributed by atoms with Crippen LogP contribution >= 0.6 is 0 Å². The van der Waals surface area contributed by atoms with Crippen LogP contribution in [0.15, 0.2) is 78.9 Å². The zero-order valence-corrected chi connectivity index (χ0v) is 20.6. The molecule has 34 heavy (non-hydrogen) atoms. The molecule has 0 spiro atoms. The average molecular weight is 455 g/mol. The van der Waals surface area contributed by atoms with Crippen molar-refractivity contribution in [2.24, 2.45) is 0 Å². The van der Waals surface area contributed by atoms with E-state index < -0.39 is 0 Å². The van der Waals surface area contributed by atoms with Gasteiger partial charge in [-0.3, -0.25) is 4.79 Å². The van der Waals surface area contributed by atoms with Crippen LogP contribution in [0, 0.1) is 13.8 Å². The van der Waals surface area contributed by atoms with Gasteiger partial charge in [0.05, 0.1) is 5.92 Å². The molecule has 1 amide bonds. The van der Waals surface area contributed by atoms with E-state index in [-0.39, 0.29) is 17.9 Å². The fraction of sp³-hybridized carbons (Fsp3) is 0.387. The molecular weight excluding hydrogens is 416 g/mol. The zero-order valence-electron chi connectivity index (χ0n) is 20.6. The summed E-state index contributed by atoms with van der Waals surface area (Å²) in [7, 11) is 0. The highest BCUT2D eigenvalue weighted by Crippen LogP contribution is 2.29. The van der Waals surface area contributed by atoms with Gasteiger partial charge in [0.2, 0.25) is 5.91 Å². The molecule has 0 aliphatic carbocycles. The van der Waals surface area contributed by atoms with Gasteiger partial charge in [-0.15, -0.1) is 0 Å². The van der Waals surface area contributed by atoms with E-state index in [1.54, 1.807) is 0 Å². The maximum atomic E-state index is 13.8. The minimum Gasteiger partial charge on any atom is -0.352 e. The van der Waals surface area contributed by atoms with Crippen molar-refractivity contribution >= 4 is 5.91 Å². The summed E-state index contributed by atoms with van der Waals surface area (Å²) in [5, 5.41) is 7.01. The van der Waals surface area contributed by atoms with E-state index in [1.165, 1.54) is 27.8 Å². The van der Waals surface area contributed by atoms with Crippen molar-refractivity contribution in [2.75, 3.05) is 13.1 Å². The summed E-state index contributed by atoms with van der Waals surface area (Å²) in [6, 6.07) is 27.9. The molecule has 1 aliphatic heterocycles. The summed E-state index contributed by atoms with van der Waals surface area (Å²) in [4.78, 5) is 13.8. The molecule has 3 aromatic rings. The van der Waals surface area contributed by atoms with Crippen LogP contribution in [0.2, 0.25) is 0 Å². The van der Waals surface area contributed by atoms with Gasteiger partial charge in [0, 0.05) is 18.5 Å². The zero-order chi connectivity index (χ0) is 23.8. The van der Waals surface area contributed by atoms with E-state index in [1.807, 2.05) is 0 Å². The van der Waals surface area contributed by atoms with Crippen LogP contribution in [0.25, 0.3) is 0 Å². The molecule has 3 heteroatoms. The number of hydrogen-bond donors (Lipinski definition) is 2. The first kappa shape index (κ1) is 24.2. The molecule has 3 nitrogen and oxygen atoms in total. The molecule has 0 radical (unpaired) electrons. The summed E-state index contributed by atoms with van der Waals surface area (Å²) in [5.41, 5.74) is 6.27. The van der Waals surface area contributed by atoms with E-state index in [2.05, 4.69) is 103 Å². The molecule has 1 aliphatic rings. The quantitative estimate of drug-likeness (QED) is 0.386. The molecule has 2 N–H and O–H groups in total. The van der Waals surface area contributed by atoms with Crippen LogP contribution in [-0.2, 0) is 11.2 Å². The monoisotopic (exact) mass is 454 g/mol. The molecule has 3 atom stereocenters. The average Bonchev–Trinajstić information content (AvgIpc) is 2.87. The molecule has 178 valence electrons. The highest BCUT2D eigenvalue weighted by Gasteiger charge is 2.30. The van der Waals surface area contributed by atoms with Crippen LogP contribution in [-0.4, -0.2) is 25.0 Å². The number of aryl methyl sites for hydroxylation is 3. The number of carbonyl (C=O) groups is 1. The van der Waals surface area contributed by atoms with Gasteiger partial charge in [0.25, 0.3) is 0 Å². The van der Waals surface area contributed by atoms with Gasteiger partial charge < -0.3 is 10.6 Å². The topological polar surface area (TPSA) is 41.1 Å². The molecule has 0 aromatic heterocycles. The maximum Gasteiger partial charge on any atom is 0.227 e. The molecule has 1 heterocycles. The molecule has 4 rings (SSSR count). The summed E-state index contributed by atoms with van der Waals surface area (Å²) in [6.07, 6.45) is 5.03. The third-order valence-electron chi connectivity index (χ3n) is 7.22. The van der Waals surface area contributed by atoms with Crippen LogP contribution in [0.3, 0.4) is 0 Å². The van der Waals surface area contributed by atoms with E-state index in [4.69, 9.17) is 0 Å². The van der Waals surface area contributed by atoms with Crippen molar-refractivity contribution in [3.8, 4) is 0 Å². The lowest BCUT2D eigenvalue weighted by molar-refractivity contribution is -0.123. The second-order valence-corrected chi connectivity index (χ2v) is 9.77. The number of hydrogen-bond acceptors (Lipinski definition) is 2. The number of rotatable bonds is 9. The number of unbranched alkanes of at least 4 members (excludes halogenated alkanes) is 1. The summed E-state index contributed by atoms with van der Waals surface area (Å²) < 4.78 is 0. The smallest absolute Gasteiger partial charge is 0.227 e. The lowest BCUT2D eigenvalue weighted by Crippen LogP contribution is -2.49. The first-order valence-corrected chi connectivity index (χ1v) is 12.8. The minimum absolute atomic E-state index is 0.109. The Morgan fingerprint density at radius 3 is 2.47 bits per heavy atom. The van der Waals surface area contributed by atoms with Crippen molar-refractivity contribution in [2.45, 2.75) is 63.8 Å². The second-order valence-electron chi connectivity index (χ2n) is 9.77. The summed E-state index contributed by atoms with van der Waals surface area (Å²) >= 11 is 0. The molecule has 1 fully saturated rings. The van der Waals surface area contributed by atoms with Gasteiger partial charge >= 0.3 is 0 Å². The van der Waals surface area contributed by atoms with Crippen LogP contribution in [0.5, 0.6) is 0 Å². The third-order valence-corrected chi connectivity index (χ3v) is 7.22. The van der Waals surface area contributed by atoms with Gasteiger partial charge in [-0.25, -0.2) is 0 Å². The molecule has 0 bridgehead atoms. The highest BCUT2D eigenvalue weighted by molar-refractivity contribution is 5.84. The fourth-order valence-electron chi connectivity index (χ4n) is 5.25. The normalized spacial score (nSPS) is 18.9. The Morgan fingerprint density at radius 1 is 0.971 bits per heavy atom. The van der Waals surface area contributed by atoms with Crippen LogP contribution < -0.4 is 10.6 Å². The van der Waals surface area contributed by atoms with Gasteiger partial charge in [-0.1, -0.05) is 90.8 Å². The maximum absolute atomic E-state index is 13.8. The number of nitrogens with one attached hydrogen (secondary N) is 2. The van der Waals surface area contributed by atoms with E-state index in [0.717, 1.165) is 45.2 Å². The Bertz CT molecular complexity index is 1050. The van der Waals surface area contributed by atoms with Crippen molar-refractivity contribution in [1.82, 2.24) is 10.6 Å². The van der Waals surface area contributed by atoms with Gasteiger partial charge in [-0.05, 0) is 68.3 Å². The third kappa shape index (κ3) is 6.36. The number of benzene rings is 3. The van der Waals surface area contributed by atoms with Crippen molar-refractivity contribution in [3.05, 3.63) is 107 Å². The fourth-order valence-corrected chi connectivity index (χ4v) is 5.25. The number of piperidine rings is 1. The Labute approximate surface area is 205 Å². The lowest BCUT2D eigenvalue weighted by atomic mass is 9.84.